The molecule has 0 spiro atoms. The van der Waals surface area contributed by atoms with Gasteiger partial charge in [-0.15, -0.1) is 18.8 Å². The SMILES string of the molecule is C#Cc1cccc(OCCN)c1.Cl. The molecule has 2 nitrogen and oxygen atoms in total. The molecule has 13 heavy (non-hydrogen) atoms. The predicted octanol–water partition coefficient (Wildman–Crippen LogP) is 1.43. The molecule has 0 bridgehead atoms. The van der Waals surface area contributed by atoms with Crippen LogP contribution in [0.15, 0.2) is 24.3 Å². The average Bonchev–Trinajstić information content (AvgIpc) is 2.15. The van der Waals surface area contributed by atoms with E-state index in [0.717, 1.165) is 11.3 Å². The summed E-state index contributed by atoms with van der Waals surface area (Å²) in [6.45, 7) is 1.04. The van der Waals surface area contributed by atoms with E-state index in [1.807, 2.05) is 24.3 Å². The Labute approximate surface area is 84.5 Å². The quantitative estimate of drug-likeness (QED) is 0.745. The van der Waals surface area contributed by atoms with E-state index in [4.69, 9.17) is 16.9 Å². The Balaban J connectivity index is 0.00000144. The van der Waals surface area contributed by atoms with Crippen molar-refractivity contribution in [2.24, 2.45) is 5.73 Å². The van der Waals surface area contributed by atoms with Gasteiger partial charge < -0.3 is 10.5 Å². The molecule has 0 fully saturated rings. The zero-order valence-corrected chi connectivity index (χ0v) is 8.01. The molecule has 0 radical (unpaired) electrons. The highest BCUT2D eigenvalue weighted by Gasteiger charge is 1.92. The number of rotatable bonds is 3. The van der Waals surface area contributed by atoms with E-state index in [0.29, 0.717) is 13.2 Å². The molecule has 0 atom stereocenters. The van der Waals surface area contributed by atoms with Gasteiger partial charge in [0.25, 0.3) is 0 Å². The highest BCUT2D eigenvalue weighted by molar-refractivity contribution is 5.85. The van der Waals surface area contributed by atoms with Crippen LogP contribution < -0.4 is 10.5 Å². The van der Waals surface area contributed by atoms with E-state index in [2.05, 4.69) is 5.92 Å². The van der Waals surface area contributed by atoms with Crippen molar-refractivity contribution in [2.45, 2.75) is 0 Å². The minimum atomic E-state index is 0. The molecule has 1 rings (SSSR count). The fourth-order valence-corrected chi connectivity index (χ4v) is 0.852. The Morgan fingerprint density at radius 2 is 2.23 bits per heavy atom. The first-order valence-electron chi connectivity index (χ1n) is 3.76. The summed E-state index contributed by atoms with van der Waals surface area (Å²) >= 11 is 0. The maximum Gasteiger partial charge on any atom is 0.120 e. The molecule has 0 aromatic heterocycles. The molecular weight excluding hydrogens is 186 g/mol. The van der Waals surface area contributed by atoms with Gasteiger partial charge in [-0.3, -0.25) is 0 Å². The minimum absolute atomic E-state index is 0. The lowest BCUT2D eigenvalue weighted by Crippen LogP contribution is -2.10. The summed E-state index contributed by atoms with van der Waals surface area (Å²) in [5, 5.41) is 0. The smallest absolute Gasteiger partial charge is 0.120 e. The van der Waals surface area contributed by atoms with Crippen LogP contribution in [0.5, 0.6) is 5.75 Å². The van der Waals surface area contributed by atoms with Crippen LogP contribution in [0, 0.1) is 12.3 Å². The summed E-state index contributed by atoms with van der Waals surface area (Å²) in [7, 11) is 0. The lowest BCUT2D eigenvalue weighted by molar-refractivity contribution is 0.328. The maximum atomic E-state index is 5.28. The van der Waals surface area contributed by atoms with Gasteiger partial charge in [-0.25, -0.2) is 0 Å². The minimum Gasteiger partial charge on any atom is -0.492 e. The van der Waals surface area contributed by atoms with Gasteiger partial charge in [0.05, 0.1) is 0 Å². The fraction of sp³-hybridized carbons (Fsp3) is 0.200. The summed E-state index contributed by atoms with van der Waals surface area (Å²) in [4.78, 5) is 0. The van der Waals surface area contributed by atoms with Gasteiger partial charge in [-0.1, -0.05) is 12.0 Å². The number of nitrogens with two attached hydrogens (primary N) is 1. The van der Waals surface area contributed by atoms with Crippen molar-refractivity contribution in [3.8, 4) is 18.1 Å². The lowest BCUT2D eigenvalue weighted by atomic mass is 10.2. The Kier molecular flexibility index (Phi) is 5.79. The lowest BCUT2D eigenvalue weighted by Gasteiger charge is -2.03. The second-order valence-electron chi connectivity index (χ2n) is 2.31. The van der Waals surface area contributed by atoms with Gasteiger partial charge in [0.15, 0.2) is 0 Å². The molecule has 0 heterocycles. The van der Waals surface area contributed by atoms with Crippen LogP contribution in [0.4, 0.5) is 0 Å². The van der Waals surface area contributed by atoms with Crippen molar-refractivity contribution < 1.29 is 4.74 Å². The number of halogens is 1. The van der Waals surface area contributed by atoms with Crippen LogP contribution in [-0.2, 0) is 0 Å². The Bertz CT molecular complexity index is 293. The van der Waals surface area contributed by atoms with Crippen molar-refractivity contribution in [1.82, 2.24) is 0 Å². The van der Waals surface area contributed by atoms with Gasteiger partial charge in [0.2, 0.25) is 0 Å². The summed E-state index contributed by atoms with van der Waals surface area (Å²) in [6, 6.07) is 7.39. The van der Waals surface area contributed by atoms with E-state index in [9.17, 15) is 0 Å². The third-order valence-corrected chi connectivity index (χ3v) is 1.39. The first kappa shape index (κ1) is 11.8. The zero-order valence-electron chi connectivity index (χ0n) is 7.19. The molecule has 0 saturated heterocycles. The topological polar surface area (TPSA) is 35.2 Å². The zero-order chi connectivity index (χ0) is 8.81. The molecule has 70 valence electrons. The van der Waals surface area contributed by atoms with Crippen molar-refractivity contribution in [3.63, 3.8) is 0 Å². The van der Waals surface area contributed by atoms with E-state index in [1.54, 1.807) is 0 Å². The molecule has 1 aromatic rings. The monoisotopic (exact) mass is 197 g/mol. The number of hydrogen-bond donors (Lipinski definition) is 1. The van der Waals surface area contributed by atoms with Crippen LogP contribution in [-0.4, -0.2) is 13.2 Å². The molecule has 1 aromatic carbocycles. The predicted molar refractivity (Wildman–Crippen MR) is 56.2 cm³/mol. The maximum absolute atomic E-state index is 5.28. The van der Waals surface area contributed by atoms with E-state index < -0.39 is 0 Å². The van der Waals surface area contributed by atoms with Crippen LogP contribution >= 0.6 is 12.4 Å². The second kappa shape index (κ2) is 6.36. The molecule has 0 aliphatic carbocycles. The van der Waals surface area contributed by atoms with E-state index in [1.165, 1.54) is 0 Å². The number of terminal acetylenes is 1. The molecule has 0 amide bonds. The largest absolute Gasteiger partial charge is 0.492 e. The molecule has 0 aliphatic rings. The average molecular weight is 198 g/mol. The van der Waals surface area contributed by atoms with E-state index >= 15 is 0 Å². The summed E-state index contributed by atoms with van der Waals surface area (Å²) < 4.78 is 5.28. The first-order chi connectivity index (χ1) is 5.86. The van der Waals surface area contributed by atoms with Crippen LogP contribution in [0.2, 0.25) is 0 Å². The van der Waals surface area contributed by atoms with Crippen molar-refractivity contribution in [2.75, 3.05) is 13.2 Å². The molecule has 0 saturated carbocycles. The molecule has 3 heteroatoms. The highest BCUT2D eigenvalue weighted by Crippen LogP contribution is 2.11. The number of hydrogen-bond acceptors (Lipinski definition) is 2. The molecule has 2 N–H and O–H groups in total. The number of benzene rings is 1. The molecule has 0 unspecified atom stereocenters. The first-order valence-corrected chi connectivity index (χ1v) is 3.76. The van der Waals surface area contributed by atoms with Crippen molar-refractivity contribution in [3.05, 3.63) is 29.8 Å². The van der Waals surface area contributed by atoms with Crippen molar-refractivity contribution in [1.29, 1.82) is 0 Å². The molecule has 0 aliphatic heterocycles. The van der Waals surface area contributed by atoms with Crippen LogP contribution in [0.25, 0.3) is 0 Å². The normalized spacial score (nSPS) is 8.31. The third-order valence-electron chi connectivity index (χ3n) is 1.39. The molecular formula is C10H12ClNO. The van der Waals surface area contributed by atoms with Gasteiger partial charge in [0, 0.05) is 12.1 Å². The van der Waals surface area contributed by atoms with Gasteiger partial charge >= 0.3 is 0 Å². The third kappa shape index (κ3) is 3.84. The highest BCUT2D eigenvalue weighted by atomic mass is 35.5. The number of ether oxygens (including phenoxy) is 1. The van der Waals surface area contributed by atoms with Gasteiger partial charge in [0.1, 0.15) is 12.4 Å². The van der Waals surface area contributed by atoms with Crippen LogP contribution in [0.3, 0.4) is 0 Å². The Hall–Kier alpha value is -1.17. The van der Waals surface area contributed by atoms with Gasteiger partial charge in [-0.2, -0.15) is 0 Å². The van der Waals surface area contributed by atoms with E-state index in [-0.39, 0.29) is 12.4 Å². The summed E-state index contributed by atoms with van der Waals surface area (Å²) in [6.07, 6.45) is 5.22. The summed E-state index contributed by atoms with van der Waals surface area (Å²) in [5.74, 6) is 3.31. The van der Waals surface area contributed by atoms with Crippen molar-refractivity contribution >= 4 is 12.4 Å². The Morgan fingerprint density at radius 1 is 1.46 bits per heavy atom. The standard InChI is InChI=1S/C10H11NO.ClH/c1-2-9-4-3-5-10(8-9)12-7-6-11;/h1,3-5,8H,6-7,11H2;1H. The second-order valence-corrected chi connectivity index (χ2v) is 2.31. The van der Waals surface area contributed by atoms with Gasteiger partial charge in [-0.05, 0) is 18.2 Å². The fourth-order valence-electron chi connectivity index (χ4n) is 0.852. The summed E-state index contributed by atoms with van der Waals surface area (Å²) in [5.41, 5.74) is 6.11. The van der Waals surface area contributed by atoms with Crippen LogP contribution in [0.1, 0.15) is 5.56 Å². The Morgan fingerprint density at radius 3 is 2.85 bits per heavy atom.